The minimum absolute atomic E-state index is 0.0682. The van der Waals surface area contributed by atoms with Gasteiger partial charge >= 0.3 is 6.03 Å². The van der Waals surface area contributed by atoms with Gasteiger partial charge in [0, 0.05) is 29.0 Å². The minimum atomic E-state index is -0.462. The second-order valence-corrected chi connectivity index (χ2v) is 8.32. The molecule has 0 fully saturated rings. The van der Waals surface area contributed by atoms with Crippen molar-refractivity contribution in [1.82, 2.24) is 0 Å². The van der Waals surface area contributed by atoms with Gasteiger partial charge in [-0.15, -0.1) is 0 Å². The molecule has 3 rings (SSSR count). The van der Waals surface area contributed by atoms with Gasteiger partial charge in [0.05, 0.1) is 10.0 Å². The Morgan fingerprint density at radius 2 is 1.59 bits per heavy atom. The standard InChI is InChI=1S/C20H21Cl2N3O2/c1-20(2,3)18(26)25-9-8-12-4-5-14(11-17(12)25)24-19(27)23-13-6-7-15(21)16(22)10-13/h4-7,10-11H,8-9H2,1-3H3,(H2,23,24,27). The number of anilines is 3. The summed E-state index contributed by atoms with van der Waals surface area (Å²) in [6.45, 7) is 6.37. The van der Waals surface area contributed by atoms with Crippen molar-refractivity contribution in [2.75, 3.05) is 22.1 Å². The van der Waals surface area contributed by atoms with E-state index in [2.05, 4.69) is 10.6 Å². The van der Waals surface area contributed by atoms with Crippen LogP contribution in [0.15, 0.2) is 36.4 Å². The van der Waals surface area contributed by atoms with Gasteiger partial charge in [0.15, 0.2) is 0 Å². The summed E-state index contributed by atoms with van der Waals surface area (Å²) < 4.78 is 0. The lowest BCUT2D eigenvalue weighted by atomic mass is 9.94. The largest absolute Gasteiger partial charge is 0.323 e. The number of nitrogens with zero attached hydrogens (tertiary/aromatic N) is 1. The van der Waals surface area contributed by atoms with E-state index in [4.69, 9.17) is 23.2 Å². The molecule has 1 aliphatic rings. The second kappa shape index (κ2) is 7.41. The first-order valence-corrected chi connectivity index (χ1v) is 9.39. The second-order valence-electron chi connectivity index (χ2n) is 7.51. The molecule has 0 radical (unpaired) electrons. The minimum Gasteiger partial charge on any atom is -0.311 e. The normalized spacial score (nSPS) is 13.3. The molecule has 5 nitrogen and oxygen atoms in total. The van der Waals surface area contributed by atoms with Crippen LogP contribution in [0.3, 0.4) is 0 Å². The highest BCUT2D eigenvalue weighted by atomic mass is 35.5. The topological polar surface area (TPSA) is 61.4 Å². The summed E-state index contributed by atoms with van der Waals surface area (Å²) >= 11 is 11.8. The molecule has 0 atom stereocenters. The monoisotopic (exact) mass is 405 g/mol. The van der Waals surface area contributed by atoms with Crippen molar-refractivity contribution in [3.05, 3.63) is 52.0 Å². The quantitative estimate of drug-likeness (QED) is 0.685. The Morgan fingerprint density at radius 1 is 0.963 bits per heavy atom. The van der Waals surface area contributed by atoms with Crippen molar-refractivity contribution in [3.63, 3.8) is 0 Å². The first-order chi connectivity index (χ1) is 12.6. The third-order valence-corrected chi connectivity index (χ3v) is 5.04. The zero-order chi connectivity index (χ0) is 19.8. The van der Waals surface area contributed by atoms with Crippen LogP contribution >= 0.6 is 23.2 Å². The molecule has 0 unspecified atom stereocenters. The van der Waals surface area contributed by atoms with E-state index in [-0.39, 0.29) is 5.91 Å². The Bertz CT molecular complexity index is 907. The Morgan fingerprint density at radius 3 is 2.22 bits per heavy atom. The van der Waals surface area contributed by atoms with Crippen LogP contribution in [-0.4, -0.2) is 18.5 Å². The number of halogens is 2. The molecule has 1 aliphatic heterocycles. The number of hydrogen-bond donors (Lipinski definition) is 2. The zero-order valence-electron chi connectivity index (χ0n) is 15.4. The summed E-state index contributed by atoms with van der Waals surface area (Å²) in [5.74, 6) is 0.0682. The van der Waals surface area contributed by atoms with E-state index in [1.807, 2.05) is 39.0 Å². The Hall–Kier alpha value is -2.24. The first kappa shape index (κ1) is 19.5. The average Bonchev–Trinajstić information content (AvgIpc) is 2.99. The van der Waals surface area contributed by atoms with E-state index in [9.17, 15) is 9.59 Å². The molecular weight excluding hydrogens is 385 g/mol. The number of benzene rings is 2. The summed E-state index contributed by atoms with van der Waals surface area (Å²) in [5.41, 5.74) is 2.63. The van der Waals surface area contributed by atoms with Crippen LogP contribution in [0.25, 0.3) is 0 Å². The maximum atomic E-state index is 12.7. The van der Waals surface area contributed by atoms with E-state index >= 15 is 0 Å². The van der Waals surface area contributed by atoms with E-state index in [1.165, 1.54) is 0 Å². The summed E-state index contributed by atoms with van der Waals surface area (Å²) in [5, 5.41) is 6.28. The van der Waals surface area contributed by atoms with E-state index < -0.39 is 11.4 Å². The van der Waals surface area contributed by atoms with Gasteiger partial charge in [-0.05, 0) is 42.3 Å². The summed E-state index contributed by atoms with van der Waals surface area (Å²) in [6, 6.07) is 10.1. The Labute approximate surface area is 168 Å². The maximum Gasteiger partial charge on any atom is 0.323 e. The van der Waals surface area contributed by atoms with Crippen molar-refractivity contribution < 1.29 is 9.59 Å². The van der Waals surface area contributed by atoms with E-state index in [0.29, 0.717) is 28.0 Å². The highest BCUT2D eigenvalue weighted by Gasteiger charge is 2.32. The lowest BCUT2D eigenvalue weighted by Gasteiger charge is -2.26. The number of hydrogen-bond acceptors (Lipinski definition) is 2. The van der Waals surface area contributed by atoms with Gasteiger partial charge in [0.2, 0.25) is 5.91 Å². The number of amides is 3. The molecule has 2 aromatic rings. The van der Waals surface area contributed by atoms with E-state index in [0.717, 1.165) is 17.7 Å². The van der Waals surface area contributed by atoms with Gasteiger partial charge in [-0.2, -0.15) is 0 Å². The van der Waals surface area contributed by atoms with Crippen LogP contribution in [-0.2, 0) is 11.2 Å². The van der Waals surface area contributed by atoms with Crippen LogP contribution in [0.2, 0.25) is 10.0 Å². The lowest BCUT2D eigenvalue weighted by Crippen LogP contribution is -2.38. The highest BCUT2D eigenvalue weighted by Crippen LogP contribution is 2.34. The predicted octanol–water partition coefficient (Wildman–Crippen LogP) is 5.57. The van der Waals surface area contributed by atoms with Gasteiger partial charge in [-0.1, -0.05) is 50.0 Å². The SMILES string of the molecule is CC(C)(C)C(=O)N1CCc2ccc(NC(=O)Nc3ccc(Cl)c(Cl)c3)cc21. The lowest BCUT2D eigenvalue weighted by molar-refractivity contribution is -0.125. The molecule has 27 heavy (non-hydrogen) atoms. The number of fused-ring (bicyclic) bond motifs is 1. The fourth-order valence-corrected chi connectivity index (χ4v) is 3.24. The molecule has 2 aromatic carbocycles. The fraction of sp³-hybridized carbons (Fsp3) is 0.300. The number of nitrogens with one attached hydrogen (secondary N) is 2. The molecule has 1 heterocycles. The molecule has 2 N–H and O–H groups in total. The van der Waals surface area contributed by atoms with Crippen LogP contribution in [0.4, 0.5) is 21.9 Å². The molecule has 0 spiro atoms. The van der Waals surface area contributed by atoms with Crippen molar-refractivity contribution in [1.29, 1.82) is 0 Å². The van der Waals surface area contributed by atoms with Crippen LogP contribution in [0, 0.1) is 5.41 Å². The fourth-order valence-electron chi connectivity index (χ4n) is 2.94. The molecular formula is C20H21Cl2N3O2. The van der Waals surface area contributed by atoms with Crippen molar-refractivity contribution in [2.45, 2.75) is 27.2 Å². The molecule has 0 bridgehead atoms. The molecule has 7 heteroatoms. The molecule has 0 saturated carbocycles. The number of rotatable bonds is 2. The zero-order valence-corrected chi connectivity index (χ0v) is 16.9. The summed E-state index contributed by atoms with van der Waals surface area (Å²) in [6.07, 6.45) is 0.812. The molecule has 0 aliphatic carbocycles. The van der Waals surface area contributed by atoms with Crippen LogP contribution in [0.5, 0.6) is 0 Å². The number of urea groups is 1. The average molecular weight is 406 g/mol. The molecule has 0 saturated heterocycles. The third kappa shape index (κ3) is 4.37. The van der Waals surface area contributed by atoms with E-state index in [1.54, 1.807) is 23.1 Å². The van der Waals surface area contributed by atoms with Gasteiger partial charge < -0.3 is 15.5 Å². The van der Waals surface area contributed by atoms with Gasteiger partial charge in [0.1, 0.15) is 0 Å². The predicted molar refractivity (Wildman–Crippen MR) is 111 cm³/mol. The van der Waals surface area contributed by atoms with Crippen molar-refractivity contribution in [3.8, 4) is 0 Å². The maximum absolute atomic E-state index is 12.7. The Kier molecular flexibility index (Phi) is 5.36. The number of carbonyl (C=O) groups is 2. The third-order valence-electron chi connectivity index (χ3n) is 4.30. The number of carbonyl (C=O) groups excluding carboxylic acids is 2. The molecule has 142 valence electrons. The van der Waals surface area contributed by atoms with Gasteiger partial charge in [0.25, 0.3) is 0 Å². The van der Waals surface area contributed by atoms with Crippen molar-refractivity contribution >= 4 is 52.2 Å². The molecule has 0 aromatic heterocycles. The van der Waals surface area contributed by atoms with Crippen LogP contribution in [0.1, 0.15) is 26.3 Å². The Balaban J connectivity index is 1.74. The van der Waals surface area contributed by atoms with Crippen LogP contribution < -0.4 is 15.5 Å². The summed E-state index contributed by atoms with van der Waals surface area (Å²) in [7, 11) is 0. The van der Waals surface area contributed by atoms with Gasteiger partial charge in [-0.3, -0.25) is 4.79 Å². The van der Waals surface area contributed by atoms with Gasteiger partial charge in [-0.25, -0.2) is 4.79 Å². The molecule has 3 amide bonds. The highest BCUT2D eigenvalue weighted by molar-refractivity contribution is 6.42. The first-order valence-electron chi connectivity index (χ1n) is 8.63. The smallest absolute Gasteiger partial charge is 0.311 e. The van der Waals surface area contributed by atoms with Crippen molar-refractivity contribution in [2.24, 2.45) is 5.41 Å². The summed E-state index contributed by atoms with van der Waals surface area (Å²) in [4.78, 5) is 26.7.